The molecule has 0 aromatic heterocycles. The first-order chi connectivity index (χ1) is 8.92. The molecule has 1 aromatic carbocycles. The summed E-state index contributed by atoms with van der Waals surface area (Å²) in [6.45, 7) is -1.52. The molecule has 4 nitrogen and oxygen atoms in total. The van der Waals surface area contributed by atoms with E-state index in [9.17, 15) is 30.8 Å². The van der Waals surface area contributed by atoms with Crippen molar-refractivity contribution >= 4 is 25.6 Å². The minimum atomic E-state index is -4.61. The van der Waals surface area contributed by atoms with E-state index in [-0.39, 0.29) is 0 Å². The van der Waals surface area contributed by atoms with E-state index in [4.69, 9.17) is 10.7 Å². The maximum Gasteiger partial charge on any atom is 0.406 e. The zero-order chi connectivity index (χ0) is 15.7. The van der Waals surface area contributed by atoms with Crippen LogP contribution >= 0.6 is 10.7 Å². The number of carbonyl (C=O) groups excluding carboxylic acids is 1. The zero-order valence-electron chi connectivity index (χ0n) is 9.91. The van der Waals surface area contributed by atoms with Gasteiger partial charge in [0.25, 0.3) is 15.0 Å². The van der Waals surface area contributed by atoms with Crippen molar-refractivity contribution in [2.24, 2.45) is 0 Å². The quantitative estimate of drug-likeness (QED) is 0.630. The minimum absolute atomic E-state index is 0.331. The van der Waals surface area contributed by atoms with Crippen molar-refractivity contribution in [3.63, 3.8) is 0 Å². The Morgan fingerprint density at radius 1 is 1.35 bits per heavy atom. The van der Waals surface area contributed by atoms with Crippen molar-refractivity contribution in [1.82, 2.24) is 4.90 Å². The Labute approximate surface area is 116 Å². The van der Waals surface area contributed by atoms with Crippen molar-refractivity contribution in [3.05, 3.63) is 29.6 Å². The van der Waals surface area contributed by atoms with Crippen LogP contribution in [0.1, 0.15) is 10.4 Å². The van der Waals surface area contributed by atoms with Crippen molar-refractivity contribution < 1.29 is 30.8 Å². The van der Waals surface area contributed by atoms with E-state index < -0.39 is 44.0 Å². The molecule has 0 fully saturated rings. The molecule has 0 unspecified atom stereocenters. The first-order valence-electron chi connectivity index (χ1n) is 4.98. The third kappa shape index (κ3) is 4.34. The van der Waals surface area contributed by atoms with Crippen LogP contribution in [0.3, 0.4) is 0 Å². The monoisotopic (exact) mass is 333 g/mol. The molecule has 0 saturated heterocycles. The lowest BCUT2D eigenvalue weighted by atomic mass is 10.2. The molecule has 0 atom stereocenters. The smallest absolute Gasteiger partial charge is 0.333 e. The van der Waals surface area contributed by atoms with Gasteiger partial charge in [0.1, 0.15) is 17.3 Å². The van der Waals surface area contributed by atoms with Crippen LogP contribution in [-0.4, -0.2) is 39.0 Å². The molecular weight excluding hydrogens is 326 g/mol. The second kappa shape index (κ2) is 5.57. The van der Waals surface area contributed by atoms with Crippen molar-refractivity contribution in [3.8, 4) is 0 Å². The number of rotatable bonds is 3. The maximum absolute atomic E-state index is 13.2. The van der Waals surface area contributed by atoms with Gasteiger partial charge in [-0.3, -0.25) is 4.79 Å². The second-order valence-corrected chi connectivity index (χ2v) is 6.39. The standard InChI is InChI=1S/C10H8ClF4NO3S/c1-16(5-10(13,14)15)9(17)6-2-3-7(12)8(4-6)20(11,18)19/h2-4H,5H2,1H3. The fourth-order valence-corrected chi connectivity index (χ4v) is 2.31. The van der Waals surface area contributed by atoms with Crippen LogP contribution in [0.2, 0.25) is 0 Å². The predicted molar refractivity (Wildman–Crippen MR) is 62.5 cm³/mol. The molecule has 1 rings (SSSR count). The fourth-order valence-electron chi connectivity index (χ4n) is 1.38. The molecule has 0 aliphatic rings. The Morgan fingerprint density at radius 2 is 1.90 bits per heavy atom. The van der Waals surface area contributed by atoms with Crippen molar-refractivity contribution in [2.75, 3.05) is 13.6 Å². The molecule has 0 radical (unpaired) electrons. The van der Waals surface area contributed by atoms with Gasteiger partial charge in [-0.15, -0.1) is 0 Å². The molecule has 1 aromatic rings. The summed E-state index contributed by atoms with van der Waals surface area (Å²) in [5.41, 5.74) is -0.419. The van der Waals surface area contributed by atoms with Crippen LogP contribution < -0.4 is 0 Å². The van der Waals surface area contributed by atoms with Gasteiger partial charge in [-0.1, -0.05) is 0 Å². The summed E-state index contributed by atoms with van der Waals surface area (Å²) in [5.74, 6) is -2.31. The maximum atomic E-state index is 13.2. The minimum Gasteiger partial charge on any atom is -0.333 e. The highest BCUT2D eigenvalue weighted by molar-refractivity contribution is 8.13. The topological polar surface area (TPSA) is 54.5 Å². The number of halogens is 5. The lowest BCUT2D eigenvalue weighted by molar-refractivity contribution is -0.138. The van der Waals surface area contributed by atoms with Gasteiger partial charge in [-0.2, -0.15) is 13.2 Å². The summed E-state index contributed by atoms with van der Waals surface area (Å²) in [7, 11) is 1.39. The zero-order valence-corrected chi connectivity index (χ0v) is 11.5. The summed E-state index contributed by atoms with van der Waals surface area (Å²) in [5, 5.41) is 0. The van der Waals surface area contributed by atoms with Crippen LogP contribution in [-0.2, 0) is 9.05 Å². The number of hydrogen-bond donors (Lipinski definition) is 0. The Kier molecular flexibility index (Phi) is 4.65. The lowest BCUT2D eigenvalue weighted by Crippen LogP contribution is -2.35. The van der Waals surface area contributed by atoms with Crippen LogP contribution in [0.25, 0.3) is 0 Å². The van der Waals surface area contributed by atoms with E-state index in [1.54, 1.807) is 0 Å². The van der Waals surface area contributed by atoms with Crippen LogP contribution in [0.4, 0.5) is 17.6 Å². The molecule has 0 saturated carbocycles. The Hall–Kier alpha value is -1.35. The number of amides is 1. The van der Waals surface area contributed by atoms with E-state index in [1.165, 1.54) is 0 Å². The normalized spacial score (nSPS) is 12.3. The largest absolute Gasteiger partial charge is 0.406 e. The van der Waals surface area contributed by atoms with E-state index in [1.807, 2.05) is 0 Å². The molecule has 0 spiro atoms. The van der Waals surface area contributed by atoms with Gasteiger partial charge in [0.05, 0.1) is 0 Å². The first kappa shape index (κ1) is 16.7. The number of hydrogen-bond acceptors (Lipinski definition) is 3. The van der Waals surface area contributed by atoms with Gasteiger partial charge in [0, 0.05) is 23.3 Å². The van der Waals surface area contributed by atoms with E-state index in [0.717, 1.165) is 13.1 Å². The van der Waals surface area contributed by atoms with Gasteiger partial charge in [0.15, 0.2) is 0 Å². The van der Waals surface area contributed by atoms with Crippen LogP contribution in [0, 0.1) is 5.82 Å². The number of benzene rings is 1. The highest BCUT2D eigenvalue weighted by atomic mass is 35.7. The molecule has 10 heteroatoms. The average molecular weight is 334 g/mol. The van der Waals surface area contributed by atoms with Gasteiger partial charge < -0.3 is 4.90 Å². The third-order valence-corrected chi connectivity index (χ3v) is 3.54. The summed E-state index contributed by atoms with van der Waals surface area (Å²) in [4.78, 5) is 11.0. The Morgan fingerprint density at radius 3 is 2.35 bits per heavy atom. The molecule has 0 N–H and O–H groups in total. The van der Waals surface area contributed by atoms with Gasteiger partial charge in [0.2, 0.25) is 0 Å². The average Bonchev–Trinajstić information content (AvgIpc) is 2.24. The van der Waals surface area contributed by atoms with E-state index in [2.05, 4.69) is 0 Å². The SMILES string of the molecule is CN(CC(F)(F)F)C(=O)c1ccc(F)c(S(=O)(=O)Cl)c1. The number of carbonyl (C=O) groups is 1. The highest BCUT2D eigenvalue weighted by Gasteiger charge is 2.32. The second-order valence-electron chi connectivity index (χ2n) is 3.86. The Bertz CT molecular complexity index is 630. The molecule has 1 amide bonds. The highest BCUT2D eigenvalue weighted by Crippen LogP contribution is 2.22. The van der Waals surface area contributed by atoms with Crippen LogP contribution in [0.15, 0.2) is 23.1 Å². The van der Waals surface area contributed by atoms with Crippen LogP contribution in [0.5, 0.6) is 0 Å². The van der Waals surface area contributed by atoms with Crippen molar-refractivity contribution in [1.29, 1.82) is 0 Å². The molecule has 0 aliphatic heterocycles. The lowest BCUT2D eigenvalue weighted by Gasteiger charge is -2.19. The predicted octanol–water partition coefficient (Wildman–Crippen LogP) is 2.39. The molecule has 0 bridgehead atoms. The summed E-state index contributed by atoms with van der Waals surface area (Å²) in [6.07, 6.45) is -4.61. The molecule has 112 valence electrons. The number of alkyl halides is 3. The van der Waals surface area contributed by atoms with Crippen molar-refractivity contribution in [2.45, 2.75) is 11.1 Å². The third-order valence-electron chi connectivity index (χ3n) is 2.20. The summed E-state index contributed by atoms with van der Waals surface area (Å²) in [6, 6.07) is 2.10. The summed E-state index contributed by atoms with van der Waals surface area (Å²) >= 11 is 0. The first-order valence-corrected chi connectivity index (χ1v) is 7.29. The number of nitrogens with zero attached hydrogens (tertiary/aromatic N) is 1. The molecule has 0 heterocycles. The molecule has 0 aliphatic carbocycles. The molecule has 20 heavy (non-hydrogen) atoms. The fraction of sp³-hybridized carbons (Fsp3) is 0.300. The van der Waals surface area contributed by atoms with E-state index >= 15 is 0 Å². The molecular formula is C10H8ClF4NO3S. The van der Waals surface area contributed by atoms with Gasteiger partial charge in [-0.25, -0.2) is 12.8 Å². The van der Waals surface area contributed by atoms with Gasteiger partial charge >= 0.3 is 6.18 Å². The van der Waals surface area contributed by atoms with Gasteiger partial charge in [-0.05, 0) is 18.2 Å². The Balaban J connectivity index is 3.13. The van der Waals surface area contributed by atoms with E-state index in [0.29, 0.717) is 17.0 Å². The summed E-state index contributed by atoms with van der Waals surface area (Å²) < 4.78 is 71.8.